The van der Waals surface area contributed by atoms with E-state index in [0.29, 0.717) is 0 Å². The minimum Gasteiger partial charge on any atom is -0.310 e. The van der Waals surface area contributed by atoms with Crippen molar-refractivity contribution in [3.8, 4) is 55.9 Å². The van der Waals surface area contributed by atoms with Crippen molar-refractivity contribution >= 4 is 60.7 Å². The molecule has 0 spiro atoms. The Balaban J connectivity index is 1.11. The molecule has 12 aromatic rings. The van der Waals surface area contributed by atoms with Crippen molar-refractivity contribution in [3.63, 3.8) is 0 Å². The average molecular weight is 842 g/mol. The molecule has 2 aromatic heterocycles. The van der Waals surface area contributed by atoms with E-state index < -0.39 is 0 Å². The van der Waals surface area contributed by atoms with Crippen molar-refractivity contribution in [2.45, 2.75) is 19.3 Å². The Morgan fingerprint density at radius 2 is 0.667 bits per heavy atom. The first-order valence-corrected chi connectivity index (χ1v) is 23.0. The van der Waals surface area contributed by atoms with Crippen LogP contribution in [0.1, 0.15) is 25.0 Å². The van der Waals surface area contributed by atoms with E-state index in [-0.39, 0.29) is 5.41 Å². The third kappa shape index (κ3) is 5.14. The van der Waals surface area contributed by atoms with E-state index in [0.717, 1.165) is 17.1 Å². The summed E-state index contributed by atoms with van der Waals surface area (Å²) in [7, 11) is 0. The predicted molar refractivity (Wildman–Crippen MR) is 277 cm³/mol. The minimum atomic E-state index is -0.262. The molecule has 0 N–H and O–H groups in total. The predicted octanol–water partition coefficient (Wildman–Crippen LogP) is 17.0. The highest BCUT2D eigenvalue weighted by Crippen LogP contribution is 2.57. The molecular weight excluding hydrogens is 799 g/mol. The molecule has 3 nitrogen and oxygen atoms in total. The fourth-order valence-corrected chi connectivity index (χ4v) is 11.7. The highest BCUT2D eigenvalue weighted by molar-refractivity contribution is 6.12. The summed E-state index contributed by atoms with van der Waals surface area (Å²) in [5.41, 5.74) is 22.7. The number of hydrogen-bond acceptors (Lipinski definition) is 1. The van der Waals surface area contributed by atoms with Crippen molar-refractivity contribution in [3.05, 3.63) is 236 Å². The first kappa shape index (κ1) is 37.0. The number of para-hydroxylation sites is 6. The smallest absolute Gasteiger partial charge is 0.0541 e. The van der Waals surface area contributed by atoms with Gasteiger partial charge in [-0.3, -0.25) is 0 Å². The molecule has 10 aromatic carbocycles. The van der Waals surface area contributed by atoms with Gasteiger partial charge in [-0.2, -0.15) is 0 Å². The summed E-state index contributed by atoms with van der Waals surface area (Å²) in [6.45, 7) is 4.79. The molecule has 2 aliphatic rings. The highest BCUT2D eigenvalue weighted by atomic mass is 15.2. The molecular formula is C63H43N3. The van der Waals surface area contributed by atoms with Crippen molar-refractivity contribution in [2.75, 3.05) is 4.90 Å². The van der Waals surface area contributed by atoms with Gasteiger partial charge in [0.2, 0.25) is 0 Å². The van der Waals surface area contributed by atoms with Gasteiger partial charge in [-0.15, -0.1) is 0 Å². The van der Waals surface area contributed by atoms with Gasteiger partial charge in [0.25, 0.3) is 0 Å². The highest BCUT2D eigenvalue weighted by Gasteiger charge is 2.38. The molecule has 0 radical (unpaired) electrons. The number of benzene rings is 10. The summed E-state index contributed by atoms with van der Waals surface area (Å²) < 4.78 is 4.91. The molecule has 0 saturated heterocycles. The first-order valence-electron chi connectivity index (χ1n) is 23.0. The maximum Gasteiger partial charge on any atom is 0.0541 e. The molecule has 0 amide bonds. The third-order valence-electron chi connectivity index (χ3n) is 14.7. The molecule has 1 aliphatic carbocycles. The van der Waals surface area contributed by atoms with Gasteiger partial charge >= 0.3 is 0 Å². The largest absolute Gasteiger partial charge is 0.310 e. The average Bonchev–Trinajstić information content (AvgIpc) is 3.89. The summed E-state index contributed by atoms with van der Waals surface area (Å²) in [6.07, 6.45) is 0. The van der Waals surface area contributed by atoms with Gasteiger partial charge in [-0.25, -0.2) is 0 Å². The Labute approximate surface area is 383 Å². The lowest BCUT2D eigenvalue weighted by molar-refractivity contribution is 0.632. The van der Waals surface area contributed by atoms with Crippen LogP contribution in [0, 0.1) is 0 Å². The Kier molecular flexibility index (Phi) is 7.74. The molecule has 14 rings (SSSR count). The van der Waals surface area contributed by atoms with Crippen LogP contribution in [0.2, 0.25) is 0 Å². The van der Waals surface area contributed by atoms with Gasteiger partial charge in [0.1, 0.15) is 0 Å². The fraction of sp³-hybridized carbons (Fsp3) is 0.0476. The third-order valence-corrected chi connectivity index (χ3v) is 14.7. The molecule has 1 aliphatic heterocycles. The maximum absolute atomic E-state index is 2.53. The lowest BCUT2D eigenvalue weighted by atomic mass is 9.71. The van der Waals surface area contributed by atoms with Crippen molar-refractivity contribution in [1.29, 1.82) is 0 Å². The topological polar surface area (TPSA) is 13.1 Å². The van der Waals surface area contributed by atoms with E-state index >= 15 is 0 Å². The second kappa shape index (κ2) is 13.8. The minimum absolute atomic E-state index is 0.262. The van der Waals surface area contributed by atoms with Gasteiger partial charge in [-0.05, 0) is 134 Å². The monoisotopic (exact) mass is 841 g/mol. The molecule has 0 saturated carbocycles. The number of aromatic nitrogens is 2. The Morgan fingerprint density at radius 1 is 0.273 bits per heavy atom. The van der Waals surface area contributed by atoms with Gasteiger partial charge in [-0.1, -0.05) is 159 Å². The summed E-state index contributed by atoms with van der Waals surface area (Å²) in [5, 5.41) is 5.02. The van der Waals surface area contributed by atoms with Crippen LogP contribution in [0.3, 0.4) is 0 Å². The van der Waals surface area contributed by atoms with Gasteiger partial charge < -0.3 is 14.0 Å². The van der Waals surface area contributed by atoms with Crippen LogP contribution in [-0.2, 0) is 5.41 Å². The van der Waals surface area contributed by atoms with E-state index in [4.69, 9.17) is 0 Å². The quantitative estimate of drug-likeness (QED) is 0.173. The fourth-order valence-electron chi connectivity index (χ4n) is 11.7. The molecule has 0 atom stereocenters. The zero-order valence-electron chi connectivity index (χ0n) is 36.7. The van der Waals surface area contributed by atoms with E-state index in [2.05, 4.69) is 252 Å². The van der Waals surface area contributed by atoms with Gasteiger partial charge in [0.05, 0.1) is 33.4 Å². The number of fused-ring (bicyclic) bond motifs is 16. The van der Waals surface area contributed by atoms with Crippen LogP contribution in [-0.4, -0.2) is 9.13 Å². The van der Waals surface area contributed by atoms with E-state index in [1.54, 1.807) is 0 Å². The van der Waals surface area contributed by atoms with Crippen LogP contribution in [0.15, 0.2) is 224 Å². The number of rotatable bonds is 3. The molecule has 66 heavy (non-hydrogen) atoms. The second-order valence-corrected chi connectivity index (χ2v) is 18.5. The van der Waals surface area contributed by atoms with Crippen LogP contribution in [0.25, 0.3) is 99.5 Å². The van der Waals surface area contributed by atoms with Gasteiger partial charge in [0, 0.05) is 44.0 Å². The number of anilines is 3. The lowest BCUT2D eigenvalue weighted by Gasteiger charge is -2.43. The Morgan fingerprint density at radius 3 is 1.21 bits per heavy atom. The van der Waals surface area contributed by atoms with Gasteiger partial charge in [0.15, 0.2) is 0 Å². The van der Waals surface area contributed by atoms with Crippen molar-refractivity contribution < 1.29 is 0 Å². The summed E-state index contributed by atoms with van der Waals surface area (Å²) in [5.74, 6) is 0. The normalized spacial score (nSPS) is 13.4. The molecule has 310 valence electrons. The number of hydrogen-bond donors (Lipinski definition) is 0. The van der Waals surface area contributed by atoms with Crippen LogP contribution in [0.4, 0.5) is 17.1 Å². The van der Waals surface area contributed by atoms with E-state index in [1.807, 2.05) is 0 Å². The maximum atomic E-state index is 2.53. The summed E-state index contributed by atoms with van der Waals surface area (Å²) in [6, 6.07) is 83.6. The molecule has 3 heterocycles. The Hall–Kier alpha value is -8.40. The number of nitrogens with zero attached hydrogens (tertiary/aromatic N) is 3. The SMILES string of the molecule is CC1(C)c2ccccc2N(c2ccccc2)c2cc3c(cc21)-c1ccccc1-c1ccc(-n2c4ccccc4c4ccccc42)cc1-c1cc(-n2c4ccccc4c4ccccc42)ccc1-3. The van der Waals surface area contributed by atoms with E-state index in [9.17, 15) is 0 Å². The zero-order valence-corrected chi connectivity index (χ0v) is 36.7. The van der Waals surface area contributed by atoms with Crippen LogP contribution >= 0.6 is 0 Å². The van der Waals surface area contributed by atoms with Crippen molar-refractivity contribution in [2.24, 2.45) is 0 Å². The second-order valence-electron chi connectivity index (χ2n) is 18.5. The summed E-state index contributed by atoms with van der Waals surface area (Å²) in [4.78, 5) is 2.49. The zero-order chi connectivity index (χ0) is 43.7. The molecule has 0 fully saturated rings. The Bertz CT molecular complexity index is 3870. The van der Waals surface area contributed by atoms with Crippen molar-refractivity contribution in [1.82, 2.24) is 9.13 Å². The van der Waals surface area contributed by atoms with Crippen LogP contribution < -0.4 is 4.90 Å². The standard InChI is InChI=1S/C63H43N3/c1-63(2)55-26-12-17-31-61(55)64(40-18-4-3-5-19-40)62-39-54-46-35-33-42(66-59-29-15-10-24-49(59)50-25-11-16-30-60(50)66)37-52(46)51-36-41(65-57-27-13-8-22-47(57)48-23-9-14-28-58(48)65)32-34-45(51)43-20-6-7-21-44(43)53(54)38-56(62)63/h3-39H,1-2H3. The first-order chi connectivity index (χ1) is 32.5. The molecule has 0 unspecified atom stereocenters. The molecule has 3 heteroatoms. The lowest BCUT2D eigenvalue weighted by Crippen LogP contribution is -2.30. The summed E-state index contributed by atoms with van der Waals surface area (Å²) >= 11 is 0. The molecule has 0 bridgehead atoms. The van der Waals surface area contributed by atoms with Crippen LogP contribution in [0.5, 0.6) is 0 Å². The van der Waals surface area contributed by atoms with E-state index in [1.165, 1.54) is 111 Å².